The fraction of sp³-hybridized carbons (Fsp3) is 0.308. The van der Waals surface area contributed by atoms with Crippen molar-refractivity contribution in [2.24, 2.45) is 0 Å². The Balaban J connectivity index is 1.98. The number of hydrogen-bond acceptors (Lipinski definition) is 3. The Morgan fingerprint density at radius 3 is 2.61 bits per heavy atom. The predicted molar refractivity (Wildman–Crippen MR) is 75.7 cm³/mol. The molecule has 18 heavy (non-hydrogen) atoms. The second-order valence-electron chi connectivity index (χ2n) is 3.97. The SMILES string of the molecule is OCCN(CCn1cc(Br)cn1)c1ccccc1. The number of aliphatic hydroxyl groups is 1. The van der Waals surface area contributed by atoms with E-state index in [1.165, 1.54) is 0 Å². The first kappa shape index (κ1) is 13.1. The lowest BCUT2D eigenvalue weighted by Crippen LogP contribution is -2.30. The lowest BCUT2D eigenvalue weighted by molar-refractivity contribution is 0.301. The van der Waals surface area contributed by atoms with Gasteiger partial charge in [0.1, 0.15) is 0 Å². The van der Waals surface area contributed by atoms with Crippen LogP contribution < -0.4 is 4.90 Å². The van der Waals surface area contributed by atoms with E-state index < -0.39 is 0 Å². The van der Waals surface area contributed by atoms with Crippen LogP contribution in [0.25, 0.3) is 0 Å². The lowest BCUT2D eigenvalue weighted by atomic mass is 10.3. The van der Waals surface area contributed by atoms with Gasteiger partial charge in [0, 0.05) is 25.0 Å². The van der Waals surface area contributed by atoms with E-state index in [1.807, 2.05) is 29.1 Å². The fourth-order valence-corrected chi connectivity index (χ4v) is 2.14. The van der Waals surface area contributed by atoms with E-state index in [2.05, 4.69) is 38.1 Å². The molecule has 0 amide bonds. The second-order valence-corrected chi connectivity index (χ2v) is 4.88. The molecule has 0 aliphatic heterocycles. The maximum Gasteiger partial charge on any atom is 0.0632 e. The van der Waals surface area contributed by atoms with E-state index in [0.29, 0.717) is 6.54 Å². The summed E-state index contributed by atoms with van der Waals surface area (Å²) >= 11 is 3.38. The number of anilines is 1. The standard InChI is InChI=1S/C13H16BrN3O/c14-12-10-15-17(11-12)7-6-16(8-9-18)13-4-2-1-3-5-13/h1-5,10-11,18H,6-9H2. The molecule has 1 heterocycles. The van der Waals surface area contributed by atoms with Gasteiger partial charge in [0.05, 0.1) is 23.8 Å². The first-order valence-corrected chi connectivity index (χ1v) is 6.67. The van der Waals surface area contributed by atoms with Crippen LogP contribution in [0, 0.1) is 0 Å². The molecular weight excluding hydrogens is 294 g/mol. The van der Waals surface area contributed by atoms with E-state index in [-0.39, 0.29) is 6.61 Å². The highest BCUT2D eigenvalue weighted by Gasteiger charge is 2.05. The largest absolute Gasteiger partial charge is 0.395 e. The highest BCUT2D eigenvalue weighted by molar-refractivity contribution is 9.10. The molecule has 0 aliphatic carbocycles. The number of aliphatic hydroxyl groups excluding tert-OH is 1. The topological polar surface area (TPSA) is 41.3 Å². The molecule has 2 rings (SSSR count). The van der Waals surface area contributed by atoms with Crippen LogP contribution in [-0.4, -0.2) is 34.6 Å². The number of aromatic nitrogens is 2. The molecule has 2 aromatic rings. The highest BCUT2D eigenvalue weighted by atomic mass is 79.9. The number of hydrogen-bond donors (Lipinski definition) is 1. The Hall–Kier alpha value is -1.33. The third-order valence-corrected chi connectivity index (χ3v) is 3.10. The molecule has 4 nitrogen and oxygen atoms in total. The quantitative estimate of drug-likeness (QED) is 0.889. The summed E-state index contributed by atoms with van der Waals surface area (Å²) in [5.74, 6) is 0. The molecule has 0 bridgehead atoms. The van der Waals surface area contributed by atoms with Crippen molar-refractivity contribution in [3.05, 3.63) is 47.2 Å². The summed E-state index contributed by atoms with van der Waals surface area (Å²) in [5.41, 5.74) is 1.12. The van der Waals surface area contributed by atoms with Crippen LogP contribution >= 0.6 is 15.9 Å². The van der Waals surface area contributed by atoms with E-state index >= 15 is 0 Å². The number of para-hydroxylation sites is 1. The lowest BCUT2D eigenvalue weighted by Gasteiger charge is -2.23. The summed E-state index contributed by atoms with van der Waals surface area (Å²) in [6.07, 6.45) is 3.72. The Labute approximate surface area is 115 Å². The van der Waals surface area contributed by atoms with Gasteiger partial charge in [-0.05, 0) is 28.1 Å². The summed E-state index contributed by atoms with van der Waals surface area (Å²) < 4.78 is 2.87. The molecule has 0 spiro atoms. The monoisotopic (exact) mass is 309 g/mol. The normalized spacial score (nSPS) is 10.6. The van der Waals surface area contributed by atoms with Crippen molar-refractivity contribution in [2.75, 3.05) is 24.6 Å². The van der Waals surface area contributed by atoms with Crippen molar-refractivity contribution < 1.29 is 5.11 Å². The molecule has 1 N–H and O–H groups in total. The van der Waals surface area contributed by atoms with Gasteiger partial charge in [0.2, 0.25) is 0 Å². The minimum Gasteiger partial charge on any atom is -0.395 e. The minimum absolute atomic E-state index is 0.150. The first-order chi connectivity index (χ1) is 8.79. The van der Waals surface area contributed by atoms with E-state index in [4.69, 9.17) is 5.11 Å². The molecule has 5 heteroatoms. The molecule has 0 saturated heterocycles. The number of nitrogens with zero attached hydrogens (tertiary/aromatic N) is 3. The van der Waals surface area contributed by atoms with Crippen molar-refractivity contribution in [1.82, 2.24) is 9.78 Å². The van der Waals surface area contributed by atoms with Crippen molar-refractivity contribution in [3.63, 3.8) is 0 Å². The van der Waals surface area contributed by atoms with E-state index in [1.54, 1.807) is 6.20 Å². The third kappa shape index (κ3) is 3.58. The highest BCUT2D eigenvalue weighted by Crippen LogP contribution is 2.13. The van der Waals surface area contributed by atoms with Crippen LogP contribution in [0.5, 0.6) is 0 Å². The molecule has 0 unspecified atom stereocenters. The molecule has 0 saturated carbocycles. The predicted octanol–water partition coefficient (Wildman–Crippen LogP) is 2.14. The van der Waals surface area contributed by atoms with Gasteiger partial charge in [-0.15, -0.1) is 0 Å². The van der Waals surface area contributed by atoms with Gasteiger partial charge < -0.3 is 10.0 Å². The summed E-state index contributed by atoms with van der Waals surface area (Å²) in [7, 11) is 0. The summed E-state index contributed by atoms with van der Waals surface area (Å²) in [6, 6.07) is 10.1. The number of benzene rings is 1. The Kier molecular flexibility index (Phi) is 4.78. The smallest absolute Gasteiger partial charge is 0.0632 e. The fourth-order valence-electron chi connectivity index (χ4n) is 1.81. The van der Waals surface area contributed by atoms with Crippen LogP contribution in [0.2, 0.25) is 0 Å². The van der Waals surface area contributed by atoms with Crippen molar-refractivity contribution in [2.45, 2.75) is 6.54 Å². The first-order valence-electron chi connectivity index (χ1n) is 5.88. The van der Waals surface area contributed by atoms with Gasteiger partial charge in [-0.3, -0.25) is 4.68 Å². The van der Waals surface area contributed by atoms with Crippen molar-refractivity contribution >= 4 is 21.6 Å². The van der Waals surface area contributed by atoms with Crippen molar-refractivity contribution in [3.8, 4) is 0 Å². The van der Waals surface area contributed by atoms with E-state index in [9.17, 15) is 0 Å². The average molecular weight is 310 g/mol. The molecule has 1 aromatic carbocycles. The maximum atomic E-state index is 9.13. The zero-order valence-corrected chi connectivity index (χ0v) is 11.6. The van der Waals surface area contributed by atoms with Gasteiger partial charge >= 0.3 is 0 Å². The van der Waals surface area contributed by atoms with Gasteiger partial charge in [-0.25, -0.2) is 0 Å². The molecule has 0 atom stereocenters. The zero-order chi connectivity index (χ0) is 12.8. The van der Waals surface area contributed by atoms with Crippen LogP contribution in [-0.2, 0) is 6.54 Å². The van der Waals surface area contributed by atoms with Gasteiger partial charge in [0.25, 0.3) is 0 Å². The molecule has 0 radical (unpaired) electrons. The van der Waals surface area contributed by atoms with Crippen LogP contribution in [0.15, 0.2) is 47.2 Å². The van der Waals surface area contributed by atoms with Crippen molar-refractivity contribution in [1.29, 1.82) is 0 Å². The maximum absolute atomic E-state index is 9.13. The number of halogens is 1. The van der Waals surface area contributed by atoms with Crippen LogP contribution in [0.1, 0.15) is 0 Å². The van der Waals surface area contributed by atoms with E-state index in [0.717, 1.165) is 23.2 Å². The van der Waals surface area contributed by atoms with Gasteiger partial charge in [0.15, 0.2) is 0 Å². The van der Waals surface area contributed by atoms with Crippen LogP contribution in [0.4, 0.5) is 5.69 Å². The minimum atomic E-state index is 0.150. The second kappa shape index (κ2) is 6.56. The zero-order valence-electron chi connectivity index (χ0n) is 10.0. The molecule has 0 aliphatic rings. The van der Waals surface area contributed by atoms with Gasteiger partial charge in [-0.2, -0.15) is 5.10 Å². The average Bonchev–Trinajstić information content (AvgIpc) is 2.81. The Bertz CT molecular complexity index is 472. The summed E-state index contributed by atoms with van der Waals surface area (Å²) in [4.78, 5) is 2.15. The summed E-state index contributed by atoms with van der Waals surface area (Å²) in [6.45, 7) is 2.39. The van der Waals surface area contributed by atoms with Crippen LogP contribution in [0.3, 0.4) is 0 Å². The summed E-state index contributed by atoms with van der Waals surface area (Å²) in [5, 5.41) is 13.3. The third-order valence-electron chi connectivity index (χ3n) is 2.69. The molecular formula is C13H16BrN3O. The Morgan fingerprint density at radius 1 is 1.22 bits per heavy atom. The number of rotatable bonds is 6. The van der Waals surface area contributed by atoms with Gasteiger partial charge in [-0.1, -0.05) is 18.2 Å². The molecule has 0 fully saturated rings. The molecule has 1 aromatic heterocycles. The Morgan fingerprint density at radius 2 is 2.00 bits per heavy atom. The molecule has 96 valence electrons.